The van der Waals surface area contributed by atoms with Crippen molar-refractivity contribution in [1.82, 2.24) is 0 Å². The number of benzene rings is 3. The number of rotatable bonds is 8. The monoisotopic (exact) mass is 486 g/mol. The smallest absolute Gasteiger partial charge is 0.426 e. The summed E-state index contributed by atoms with van der Waals surface area (Å²) in [6.07, 6.45) is 5.23. The molecule has 6 heteroatoms. The number of hydrogen-bond acceptors (Lipinski definition) is 1. The third kappa shape index (κ3) is 5.92. The number of alkyl halides is 2. The molecule has 0 N–H and O–H groups in total. The van der Waals surface area contributed by atoms with E-state index < -0.39 is 34.9 Å². The topological polar surface area (TPSA) is 9.23 Å². The molecule has 0 spiro atoms. The van der Waals surface area contributed by atoms with Crippen LogP contribution in [0, 0.1) is 23.4 Å². The lowest BCUT2D eigenvalue weighted by Gasteiger charge is -2.28. The summed E-state index contributed by atoms with van der Waals surface area (Å²) >= 11 is 0. The number of ether oxygens (including phenoxy) is 1. The predicted molar refractivity (Wildman–Crippen MR) is 127 cm³/mol. The van der Waals surface area contributed by atoms with E-state index in [0.29, 0.717) is 18.1 Å². The Morgan fingerprint density at radius 2 is 1.37 bits per heavy atom. The van der Waals surface area contributed by atoms with Crippen molar-refractivity contribution in [2.75, 3.05) is 0 Å². The second-order valence-electron chi connectivity index (χ2n) is 9.10. The van der Waals surface area contributed by atoms with Gasteiger partial charge in [0.1, 0.15) is 5.75 Å². The van der Waals surface area contributed by atoms with Crippen LogP contribution in [0.15, 0.2) is 73.3 Å². The highest BCUT2D eigenvalue weighted by molar-refractivity contribution is 5.64. The van der Waals surface area contributed by atoms with E-state index in [-0.39, 0.29) is 0 Å². The Balaban J connectivity index is 1.41. The standard InChI is InChI=1S/C29H27F5O/c1-2-3-4-19-5-7-20(8-6-19)21-9-11-22(12-10-21)23-13-15-24(16-14-23)29(33,34)35-25-17-26(30)28(32)27(31)18-25/h2,9-20H,1,3-8H2. The summed E-state index contributed by atoms with van der Waals surface area (Å²) in [6.45, 7) is 3.80. The molecule has 0 atom stereocenters. The minimum Gasteiger partial charge on any atom is -0.429 e. The molecule has 1 aliphatic carbocycles. The normalized spacial score (nSPS) is 18.3. The molecule has 3 aromatic carbocycles. The van der Waals surface area contributed by atoms with Gasteiger partial charge in [0.2, 0.25) is 0 Å². The van der Waals surface area contributed by atoms with E-state index in [0.717, 1.165) is 23.5 Å². The quantitative estimate of drug-likeness (QED) is 0.175. The van der Waals surface area contributed by atoms with Gasteiger partial charge in [0.15, 0.2) is 17.5 Å². The molecule has 1 fully saturated rings. The fourth-order valence-electron chi connectivity index (χ4n) is 4.74. The molecule has 0 aliphatic heterocycles. The molecule has 0 amide bonds. The lowest BCUT2D eigenvalue weighted by molar-refractivity contribution is -0.185. The van der Waals surface area contributed by atoms with E-state index in [1.165, 1.54) is 61.9 Å². The highest BCUT2D eigenvalue weighted by Gasteiger charge is 2.35. The number of halogens is 5. The van der Waals surface area contributed by atoms with Gasteiger partial charge in [-0.15, -0.1) is 6.58 Å². The Labute approximate surface area is 202 Å². The molecular formula is C29H27F5O. The minimum absolute atomic E-state index is 0.385. The third-order valence-electron chi connectivity index (χ3n) is 6.77. The van der Waals surface area contributed by atoms with Crippen molar-refractivity contribution in [3.63, 3.8) is 0 Å². The van der Waals surface area contributed by atoms with Crippen LogP contribution in [-0.4, -0.2) is 0 Å². The van der Waals surface area contributed by atoms with Crippen LogP contribution in [-0.2, 0) is 6.11 Å². The highest BCUT2D eigenvalue weighted by atomic mass is 19.3. The molecule has 0 bridgehead atoms. The minimum atomic E-state index is -3.86. The van der Waals surface area contributed by atoms with Crippen LogP contribution in [0.5, 0.6) is 5.75 Å². The fraction of sp³-hybridized carbons (Fsp3) is 0.310. The summed E-state index contributed by atoms with van der Waals surface area (Å²) in [5, 5.41) is 0. The maximum Gasteiger partial charge on any atom is 0.426 e. The average Bonchev–Trinajstić information content (AvgIpc) is 2.86. The maximum atomic E-state index is 14.5. The molecule has 4 rings (SSSR count). The summed E-state index contributed by atoms with van der Waals surface area (Å²) in [7, 11) is 0. The first kappa shape index (κ1) is 25.0. The van der Waals surface area contributed by atoms with Gasteiger partial charge >= 0.3 is 6.11 Å². The van der Waals surface area contributed by atoms with Gasteiger partial charge in [-0.05, 0) is 79.2 Å². The molecule has 1 aliphatic rings. The van der Waals surface area contributed by atoms with E-state index >= 15 is 0 Å². The largest absolute Gasteiger partial charge is 0.429 e. The Kier molecular flexibility index (Phi) is 7.58. The summed E-state index contributed by atoms with van der Waals surface area (Å²) in [5.74, 6) is -4.42. The Hall–Kier alpha value is -3.15. The Bertz CT molecular complexity index is 1120. The molecule has 0 aromatic heterocycles. The van der Waals surface area contributed by atoms with Crippen LogP contribution in [0.2, 0.25) is 0 Å². The van der Waals surface area contributed by atoms with Crippen molar-refractivity contribution in [1.29, 1.82) is 0 Å². The van der Waals surface area contributed by atoms with Gasteiger partial charge in [-0.25, -0.2) is 13.2 Å². The SMILES string of the molecule is C=CCCC1CCC(c2ccc(-c3ccc(C(F)(F)Oc4cc(F)c(F)c(F)c4)cc3)cc2)CC1. The molecule has 0 heterocycles. The van der Waals surface area contributed by atoms with Crippen molar-refractivity contribution in [2.24, 2.45) is 5.92 Å². The predicted octanol–water partition coefficient (Wildman–Crippen LogP) is 9.14. The second kappa shape index (κ2) is 10.6. The van der Waals surface area contributed by atoms with E-state index in [9.17, 15) is 22.0 Å². The van der Waals surface area contributed by atoms with Crippen LogP contribution < -0.4 is 4.74 Å². The Morgan fingerprint density at radius 1 is 0.829 bits per heavy atom. The van der Waals surface area contributed by atoms with Crippen LogP contribution in [0.3, 0.4) is 0 Å². The van der Waals surface area contributed by atoms with E-state index in [1.807, 2.05) is 18.2 Å². The Morgan fingerprint density at radius 3 is 1.91 bits per heavy atom. The van der Waals surface area contributed by atoms with Crippen molar-refractivity contribution in [3.05, 3.63) is 102 Å². The highest BCUT2D eigenvalue weighted by Crippen LogP contribution is 2.38. The summed E-state index contributed by atoms with van der Waals surface area (Å²) in [6, 6.07) is 14.4. The lowest BCUT2D eigenvalue weighted by Crippen LogP contribution is -2.22. The first-order chi connectivity index (χ1) is 16.8. The number of hydrogen-bond donors (Lipinski definition) is 0. The zero-order chi connectivity index (χ0) is 25.0. The lowest BCUT2D eigenvalue weighted by atomic mass is 9.77. The van der Waals surface area contributed by atoms with E-state index in [2.05, 4.69) is 23.4 Å². The summed E-state index contributed by atoms with van der Waals surface area (Å²) in [4.78, 5) is 0. The fourth-order valence-corrected chi connectivity index (χ4v) is 4.74. The molecule has 184 valence electrons. The first-order valence-corrected chi connectivity index (χ1v) is 11.8. The molecule has 35 heavy (non-hydrogen) atoms. The van der Waals surface area contributed by atoms with Gasteiger partial charge in [-0.2, -0.15) is 8.78 Å². The second-order valence-corrected chi connectivity index (χ2v) is 9.10. The molecule has 0 radical (unpaired) electrons. The zero-order valence-corrected chi connectivity index (χ0v) is 19.3. The van der Waals surface area contributed by atoms with Gasteiger partial charge in [-0.3, -0.25) is 0 Å². The molecule has 3 aromatic rings. The van der Waals surface area contributed by atoms with Gasteiger partial charge < -0.3 is 4.74 Å². The van der Waals surface area contributed by atoms with Crippen LogP contribution in [0.4, 0.5) is 22.0 Å². The van der Waals surface area contributed by atoms with Gasteiger partial charge in [0, 0.05) is 12.1 Å². The molecular weight excluding hydrogens is 459 g/mol. The average molecular weight is 487 g/mol. The molecule has 0 unspecified atom stereocenters. The maximum absolute atomic E-state index is 14.5. The third-order valence-corrected chi connectivity index (χ3v) is 6.77. The molecule has 0 saturated heterocycles. The van der Waals surface area contributed by atoms with Crippen molar-refractivity contribution in [3.8, 4) is 16.9 Å². The van der Waals surface area contributed by atoms with Crippen LogP contribution in [0.25, 0.3) is 11.1 Å². The van der Waals surface area contributed by atoms with Gasteiger partial charge in [-0.1, -0.05) is 42.5 Å². The summed E-state index contributed by atoms with van der Waals surface area (Å²) in [5.41, 5.74) is 2.46. The van der Waals surface area contributed by atoms with Crippen LogP contribution >= 0.6 is 0 Å². The zero-order valence-electron chi connectivity index (χ0n) is 19.3. The van der Waals surface area contributed by atoms with E-state index in [4.69, 9.17) is 0 Å². The number of allylic oxidation sites excluding steroid dienone is 1. The van der Waals surface area contributed by atoms with Crippen molar-refractivity contribution < 1.29 is 26.7 Å². The van der Waals surface area contributed by atoms with Crippen molar-refractivity contribution in [2.45, 2.75) is 50.6 Å². The van der Waals surface area contributed by atoms with E-state index in [1.54, 1.807) is 0 Å². The summed E-state index contributed by atoms with van der Waals surface area (Å²) < 4.78 is 73.2. The van der Waals surface area contributed by atoms with Crippen LogP contribution in [0.1, 0.15) is 55.6 Å². The van der Waals surface area contributed by atoms with Gasteiger partial charge in [0.25, 0.3) is 0 Å². The molecule has 1 saturated carbocycles. The first-order valence-electron chi connectivity index (χ1n) is 11.8. The van der Waals surface area contributed by atoms with Gasteiger partial charge in [0.05, 0.1) is 5.56 Å². The molecule has 1 nitrogen and oxygen atoms in total. The van der Waals surface area contributed by atoms with Crippen molar-refractivity contribution >= 4 is 0 Å².